The van der Waals surface area contributed by atoms with Crippen LogP contribution in [0.15, 0.2) is 12.8 Å². The van der Waals surface area contributed by atoms with Crippen LogP contribution in [0.4, 0.5) is 0 Å². The molecule has 0 radical (unpaired) electrons. The Hall–Kier alpha value is -0.830. The van der Waals surface area contributed by atoms with Crippen LogP contribution in [0.1, 0.15) is 13.8 Å². The Kier molecular flexibility index (Phi) is 5.47. The molecule has 3 nitrogen and oxygen atoms in total. The van der Waals surface area contributed by atoms with E-state index >= 15 is 0 Å². The van der Waals surface area contributed by atoms with E-state index in [9.17, 15) is 4.79 Å². The molecule has 0 aliphatic heterocycles. The summed E-state index contributed by atoms with van der Waals surface area (Å²) < 4.78 is 9.91. The first kappa shape index (κ1) is 10.2. The van der Waals surface area contributed by atoms with Gasteiger partial charge in [0.2, 0.25) is 0 Å². The molecule has 0 fully saturated rings. The monoisotopic (exact) mass is 158 g/mol. The second kappa shape index (κ2) is 5.92. The predicted octanol–water partition coefficient (Wildman–Crippen LogP) is 1.14. The highest BCUT2D eigenvalue weighted by Gasteiger charge is 2.13. The molecule has 0 spiro atoms. The molecule has 0 saturated carbocycles. The summed E-state index contributed by atoms with van der Waals surface area (Å²) in [4.78, 5) is 10.8. The van der Waals surface area contributed by atoms with E-state index in [1.165, 1.54) is 13.2 Å². The quantitative estimate of drug-likeness (QED) is 0.544. The topological polar surface area (TPSA) is 35.5 Å². The highest BCUT2D eigenvalue weighted by molar-refractivity contribution is 5.80. The number of Topliss-reactive ketones (excluding diaryl/α,β-unsaturated/α-hetero) is 1. The van der Waals surface area contributed by atoms with Crippen molar-refractivity contribution in [2.75, 3.05) is 13.2 Å². The van der Waals surface area contributed by atoms with Gasteiger partial charge in [0, 0.05) is 6.61 Å². The molecular weight excluding hydrogens is 144 g/mol. The lowest BCUT2D eigenvalue weighted by atomic mass is 10.3. The maximum Gasteiger partial charge on any atom is 0.162 e. The highest BCUT2D eigenvalue weighted by Crippen LogP contribution is 1.95. The Labute approximate surface area is 67.0 Å². The van der Waals surface area contributed by atoms with Crippen molar-refractivity contribution in [3.05, 3.63) is 12.8 Å². The second-order valence-electron chi connectivity index (χ2n) is 2.05. The fourth-order valence-corrected chi connectivity index (χ4v) is 0.639. The molecule has 64 valence electrons. The van der Waals surface area contributed by atoms with Gasteiger partial charge in [-0.3, -0.25) is 4.79 Å². The summed E-state index contributed by atoms with van der Waals surface area (Å²) >= 11 is 0. The fourth-order valence-electron chi connectivity index (χ4n) is 0.639. The minimum Gasteiger partial charge on any atom is -0.499 e. The molecule has 0 aromatic heterocycles. The van der Waals surface area contributed by atoms with Crippen LogP contribution in [0, 0.1) is 0 Å². The van der Waals surface area contributed by atoms with Crippen molar-refractivity contribution in [1.29, 1.82) is 0 Å². The molecule has 1 atom stereocenters. The van der Waals surface area contributed by atoms with Gasteiger partial charge in [-0.15, -0.1) is 0 Å². The predicted molar refractivity (Wildman–Crippen MR) is 42.2 cm³/mol. The van der Waals surface area contributed by atoms with Crippen LogP contribution in [-0.4, -0.2) is 25.1 Å². The molecule has 0 bridgehead atoms. The van der Waals surface area contributed by atoms with E-state index in [-0.39, 0.29) is 12.4 Å². The van der Waals surface area contributed by atoms with Crippen LogP contribution in [0.25, 0.3) is 0 Å². The smallest absolute Gasteiger partial charge is 0.162 e. The maximum atomic E-state index is 10.8. The summed E-state index contributed by atoms with van der Waals surface area (Å²) in [5.41, 5.74) is 0. The normalized spacial score (nSPS) is 12.2. The Morgan fingerprint density at radius 2 is 2.36 bits per heavy atom. The molecule has 3 heteroatoms. The molecule has 1 unspecified atom stereocenters. The van der Waals surface area contributed by atoms with E-state index in [0.717, 1.165) is 0 Å². The van der Waals surface area contributed by atoms with Crippen LogP contribution in [0.3, 0.4) is 0 Å². The number of ether oxygens (including phenoxy) is 2. The van der Waals surface area contributed by atoms with Crippen molar-refractivity contribution in [2.24, 2.45) is 0 Å². The number of carbonyl (C=O) groups excluding carboxylic acids is 1. The van der Waals surface area contributed by atoms with E-state index < -0.39 is 6.10 Å². The third-order valence-corrected chi connectivity index (χ3v) is 1.19. The fraction of sp³-hybridized carbons (Fsp3) is 0.625. The van der Waals surface area contributed by atoms with Crippen LogP contribution < -0.4 is 0 Å². The lowest BCUT2D eigenvalue weighted by molar-refractivity contribution is -0.130. The molecule has 0 saturated heterocycles. The van der Waals surface area contributed by atoms with Crippen molar-refractivity contribution >= 4 is 5.78 Å². The molecule has 0 heterocycles. The van der Waals surface area contributed by atoms with E-state index in [1.54, 1.807) is 0 Å². The van der Waals surface area contributed by atoms with Crippen LogP contribution in [0.5, 0.6) is 0 Å². The van der Waals surface area contributed by atoms with Gasteiger partial charge >= 0.3 is 0 Å². The summed E-state index contributed by atoms with van der Waals surface area (Å²) in [6.45, 7) is 7.45. The van der Waals surface area contributed by atoms with Crippen molar-refractivity contribution in [2.45, 2.75) is 20.0 Å². The summed E-state index contributed by atoms with van der Waals surface area (Å²) in [6.07, 6.45) is 0.854. The van der Waals surface area contributed by atoms with Gasteiger partial charge in [-0.1, -0.05) is 6.58 Å². The first-order valence-corrected chi connectivity index (χ1v) is 3.57. The van der Waals surface area contributed by atoms with E-state index in [0.29, 0.717) is 6.61 Å². The molecular formula is C8H14O3. The van der Waals surface area contributed by atoms with Crippen molar-refractivity contribution < 1.29 is 14.3 Å². The average molecular weight is 158 g/mol. The SMILES string of the molecule is C=COCC(OCC)C(C)=O. The number of hydrogen-bond acceptors (Lipinski definition) is 3. The zero-order valence-electron chi connectivity index (χ0n) is 7.00. The van der Waals surface area contributed by atoms with Gasteiger partial charge in [0.15, 0.2) is 5.78 Å². The van der Waals surface area contributed by atoms with Gasteiger partial charge in [0.05, 0.1) is 6.26 Å². The van der Waals surface area contributed by atoms with Gasteiger partial charge in [0.1, 0.15) is 12.7 Å². The molecule has 11 heavy (non-hydrogen) atoms. The van der Waals surface area contributed by atoms with Gasteiger partial charge < -0.3 is 9.47 Å². The van der Waals surface area contributed by atoms with Crippen LogP contribution in [0.2, 0.25) is 0 Å². The maximum absolute atomic E-state index is 10.8. The van der Waals surface area contributed by atoms with Gasteiger partial charge in [-0.2, -0.15) is 0 Å². The van der Waals surface area contributed by atoms with Gasteiger partial charge in [-0.05, 0) is 13.8 Å². The van der Waals surface area contributed by atoms with Crippen LogP contribution >= 0.6 is 0 Å². The van der Waals surface area contributed by atoms with Crippen molar-refractivity contribution in [1.82, 2.24) is 0 Å². The Balaban J connectivity index is 3.68. The molecule has 0 rings (SSSR count). The Morgan fingerprint density at radius 3 is 2.73 bits per heavy atom. The lowest BCUT2D eigenvalue weighted by Gasteiger charge is -2.12. The van der Waals surface area contributed by atoms with Gasteiger partial charge in [0.25, 0.3) is 0 Å². The Bertz CT molecular complexity index is 131. The number of hydrogen-bond donors (Lipinski definition) is 0. The standard InChI is InChI=1S/C8H14O3/c1-4-10-6-8(7(3)9)11-5-2/h4,8H,1,5-6H2,2-3H3. The summed E-state index contributed by atoms with van der Waals surface area (Å²) in [5.74, 6) is -0.0197. The molecule has 0 aliphatic carbocycles. The number of ketones is 1. The van der Waals surface area contributed by atoms with Crippen molar-refractivity contribution in [3.63, 3.8) is 0 Å². The Morgan fingerprint density at radius 1 is 1.73 bits per heavy atom. The lowest BCUT2D eigenvalue weighted by Crippen LogP contribution is -2.26. The highest BCUT2D eigenvalue weighted by atomic mass is 16.5. The summed E-state index contributed by atoms with van der Waals surface area (Å²) in [7, 11) is 0. The minimum atomic E-state index is -0.446. The first-order chi connectivity index (χ1) is 5.22. The number of carbonyl (C=O) groups is 1. The van der Waals surface area contributed by atoms with E-state index in [1.807, 2.05) is 6.92 Å². The summed E-state index contributed by atoms with van der Waals surface area (Å²) in [5, 5.41) is 0. The van der Waals surface area contributed by atoms with Gasteiger partial charge in [-0.25, -0.2) is 0 Å². The van der Waals surface area contributed by atoms with E-state index in [2.05, 4.69) is 6.58 Å². The largest absolute Gasteiger partial charge is 0.499 e. The molecule has 0 aromatic carbocycles. The molecule has 0 aromatic rings. The molecule has 0 N–H and O–H groups in total. The second-order valence-corrected chi connectivity index (χ2v) is 2.05. The molecule has 0 amide bonds. The third kappa shape index (κ3) is 4.56. The van der Waals surface area contributed by atoms with E-state index in [4.69, 9.17) is 9.47 Å². The summed E-state index contributed by atoms with van der Waals surface area (Å²) in [6, 6.07) is 0. The third-order valence-electron chi connectivity index (χ3n) is 1.19. The number of rotatable bonds is 6. The first-order valence-electron chi connectivity index (χ1n) is 3.57. The zero-order valence-corrected chi connectivity index (χ0v) is 7.00. The molecule has 0 aliphatic rings. The minimum absolute atomic E-state index is 0.0197. The zero-order chi connectivity index (χ0) is 8.69. The average Bonchev–Trinajstić information content (AvgIpc) is 1.97. The van der Waals surface area contributed by atoms with Crippen molar-refractivity contribution in [3.8, 4) is 0 Å². The van der Waals surface area contributed by atoms with Crippen LogP contribution in [-0.2, 0) is 14.3 Å².